The van der Waals surface area contributed by atoms with E-state index in [1.807, 2.05) is 0 Å². The Hall–Kier alpha value is -0.540. The summed E-state index contributed by atoms with van der Waals surface area (Å²) in [7, 11) is 0. The highest BCUT2D eigenvalue weighted by molar-refractivity contribution is 6.30. The summed E-state index contributed by atoms with van der Waals surface area (Å²) in [5, 5.41) is 10.5. The highest BCUT2D eigenvalue weighted by Crippen LogP contribution is 2.02. The van der Waals surface area contributed by atoms with Crippen molar-refractivity contribution in [1.82, 2.24) is 4.98 Å². The molecule has 0 aliphatic carbocycles. The van der Waals surface area contributed by atoms with Crippen molar-refractivity contribution in [3.8, 4) is 0 Å². The fourth-order valence-electron chi connectivity index (χ4n) is 0.367. The molecule has 1 heterocycles. The van der Waals surface area contributed by atoms with Crippen LogP contribution in [-0.2, 0) is 0 Å². The second-order valence-electron chi connectivity index (χ2n) is 1.35. The van der Waals surface area contributed by atoms with E-state index in [0.29, 0.717) is 4.73 Å². The molecule has 0 bridgehead atoms. The van der Waals surface area contributed by atoms with Crippen LogP contribution < -0.4 is 4.73 Å². The van der Waals surface area contributed by atoms with Gasteiger partial charge in [-0.05, 0) is 23.2 Å². The zero-order valence-corrected chi connectivity index (χ0v) is 5.73. The summed E-state index contributed by atoms with van der Waals surface area (Å²) >= 11 is 10.6. The maximum absolute atomic E-state index is 10.6. The van der Waals surface area contributed by atoms with Crippen LogP contribution in [0.3, 0.4) is 0 Å². The quantitative estimate of drug-likeness (QED) is 0.425. The molecule has 0 aliphatic rings. The van der Waals surface area contributed by atoms with Gasteiger partial charge in [-0.15, -0.1) is 4.73 Å². The van der Waals surface area contributed by atoms with E-state index in [1.165, 1.54) is 12.4 Å². The van der Waals surface area contributed by atoms with Crippen LogP contribution in [-0.4, -0.2) is 4.98 Å². The van der Waals surface area contributed by atoms with Crippen molar-refractivity contribution < 1.29 is 4.73 Å². The molecule has 9 heavy (non-hydrogen) atoms. The molecule has 1 aromatic rings. The minimum atomic E-state index is -0.0255. The van der Waals surface area contributed by atoms with Crippen molar-refractivity contribution in [2.45, 2.75) is 0 Å². The molecule has 3 nitrogen and oxygen atoms in total. The Morgan fingerprint density at radius 3 is 2.11 bits per heavy atom. The summed E-state index contributed by atoms with van der Waals surface area (Å²) in [4.78, 5) is 3.56. The molecule has 0 saturated carbocycles. The number of nitrogens with zero attached hydrogens (tertiary/aromatic N) is 2. The van der Waals surface area contributed by atoms with E-state index in [9.17, 15) is 5.21 Å². The van der Waals surface area contributed by atoms with Crippen molar-refractivity contribution in [1.29, 1.82) is 0 Å². The van der Waals surface area contributed by atoms with Gasteiger partial charge in [-0.2, -0.15) is 0 Å². The van der Waals surface area contributed by atoms with Gasteiger partial charge >= 0.3 is 10.3 Å². The summed E-state index contributed by atoms with van der Waals surface area (Å²) in [5.74, 6) is 0. The number of hydrogen-bond acceptors (Lipinski definition) is 2. The van der Waals surface area contributed by atoms with E-state index in [1.54, 1.807) is 0 Å². The van der Waals surface area contributed by atoms with Gasteiger partial charge in [0.2, 0.25) is 0 Å². The predicted molar refractivity (Wildman–Crippen MR) is 33.2 cm³/mol. The van der Waals surface area contributed by atoms with Gasteiger partial charge in [0.05, 0.1) is 0 Å². The first kappa shape index (κ1) is 6.58. The Morgan fingerprint density at radius 1 is 1.33 bits per heavy atom. The van der Waals surface area contributed by atoms with Crippen molar-refractivity contribution in [3.63, 3.8) is 0 Å². The smallest absolute Gasteiger partial charge is 0.306 e. The predicted octanol–water partition coefficient (Wildman–Crippen LogP) is 1.02. The molecule has 0 unspecified atom stereocenters. The van der Waals surface area contributed by atoms with E-state index in [4.69, 9.17) is 23.2 Å². The molecule has 1 aromatic heterocycles. The number of aromatic nitrogens is 2. The summed E-state index contributed by atoms with van der Waals surface area (Å²) in [6.45, 7) is 0. The monoisotopic (exact) mass is 164 g/mol. The number of halogens is 2. The maximum Gasteiger partial charge on any atom is 0.306 e. The molecule has 48 valence electrons. The third-order valence-corrected chi connectivity index (χ3v) is 1.25. The molecule has 0 aromatic carbocycles. The topological polar surface area (TPSA) is 39.8 Å². The third-order valence-electron chi connectivity index (χ3n) is 0.750. The molecule has 1 rings (SSSR count). The SMILES string of the molecule is [O-][n+]1c(Cl)cncc1Cl. The lowest BCUT2D eigenvalue weighted by Crippen LogP contribution is -2.28. The van der Waals surface area contributed by atoms with Crippen LogP contribution in [0.25, 0.3) is 0 Å². The number of rotatable bonds is 0. The summed E-state index contributed by atoms with van der Waals surface area (Å²) < 4.78 is 0.385. The molecular formula is C4H2Cl2N2O. The van der Waals surface area contributed by atoms with E-state index in [2.05, 4.69) is 4.98 Å². The van der Waals surface area contributed by atoms with E-state index < -0.39 is 0 Å². The van der Waals surface area contributed by atoms with Gasteiger partial charge in [0.1, 0.15) is 12.4 Å². The van der Waals surface area contributed by atoms with E-state index in [-0.39, 0.29) is 10.3 Å². The average molecular weight is 165 g/mol. The summed E-state index contributed by atoms with van der Waals surface area (Å²) in [6, 6.07) is 0. The minimum absolute atomic E-state index is 0.0255. The van der Waals surface area contributed by atoms with Gasteiger partial charge in [-0.1, -0.05) is 0 Å². The Kier molecular flexibility index (Phi) is 1.73. The third kappa shape index (κ3) is 1.23. The molecular weight excluding hydrogens is 163 g/mol. The number of hydrogen-bond donors (Lipinski definition) is 0. The van der Waals surface area contributed by atoms with Crippen LogP contribution in [0, 0.1) is 5.21 Å². The van der Waals surface area contributed by atoms with Gasteiger partial charge in [-0.25, -0.2) is 4.98 Å². The summed E-state index contributed by atoms with van der Waals surface area (Å²) in [5.41, 5.74) is 0. The second-order valence-corrected chi connectivity index (χ2v) is 2.12. The molecule has 0 atom stereocenters. The van der Waals surface area contributed by atoms with Gasteiger partial charge in [-0.3, -0.25) is 0 Å². The van der Waals surface area contributed by atoms with Crippen molar-refractivity contribution >= 4 is 23.2 Å². The molecule has 0 aliphatic heterocycles. The molecule has 5 heteroatoms. The molecule has 0 N–H and O–H groups in total. The van der Waals surface area contributed by atoms with Gasteiger partial charge < -0.3 is 5.21 Å². The van der Waals surface area contributed by atoms with Crippen molar-refractivity contribution in [3.05, 3.63) is 27.9 Å². The Labute approximate surface area is 61.4 Å². The lowest BCUT2D eigenvalue weighted by molar-refractivity contribution is -0.601. The standard InChI is InChI=1S/C4H2Cl2N2O/c5-3-1-7-2-4(6)8(3)9/h1-2H. The van der Waals surface area contributed by atoms with Crippen LogP contribution in [0.2, 0.25) is 10.3 Å². The lowest BCUT2D eigenvalue weighted by atomic mass is 10.8. The first-order chi connectivity index (χ1) is 4.22. The molecule has 0 spiro atoms. The van der Waals surface area contributed by atoms with Gasteiger partial charge in [0, 0.05) is 0 Å². The molecule has 0 radical (unpaired) electrons. The fraction of sp³-hybridized carbons (Fsp3) is 0. The maximum atomic E-state index is 10.6. The first-order valence-electron chi connectivity index (χ1n) is 2.10. The molecule has 0 fully saturated rings. The molecule has 0 amide bonds. The summed E-state index contributed by atoms with van der Waals surface area (Å²) in [6.07, 6.45) is 2.45. The van der Waals surface area contributed by atoms with E-state index >= 15 is 0 Å². The zero-order valence-electron chi connectivity index (χ0n) is 4.21. The first-order valence-corrected chi connectivity index (χ1v) is 2.86. The molecule has 0 saturated heterocycles. The van der Waals surface area contributed by atoms with Crippen LogP contribution in [0.15, 0.2) is 12.4 Å². The Morgan fingerprint density at radius 2 is 1.78 bits per heavy atom. The van der Waals surface area contributed by atoms with Crippen LogP contribution in [0.4, 0.5) is 0 Å². The van der Waals surface area contributed by atoms with Crippen LogP contribution in [0.1, 0.15) is 0 Å². The van der Waals surface area contributed by atoms with Crippen molar-refractivity contribution in [2.24, 2.45) is 0 Å². The van der Waals surface area contributed by atoms with Crippen molar-refractivity contribution in [2.75, 3.05) is 0 Å². The van der Waals surface area contributed by atoms with Gasteiger partial charge in [0.15, 0.2) is 0 Å². The van der Waals surface area contributed by atoms with E-state index in [0.717, 1.165) is 0 Å². The van der Waals surface area contributed by atoms with Crippen LogP contribution in [0.5, 0.6) is 0 Å². The second kappa shape index (κ2) is 2.37. The minimum Gasteiger partial charge on any atom is -0.616 e. The van der Waals surface area contributed by atoms with Gasteiger partial charge in [0.25, 0.3) is 0 Å². The Bertz CT molecular complexity index is 208. The average Bonchev–Trinajstić information content (AvgIpc) is 1.83. The zero-order chi connectivity index (χ0) is 6.85. The largest absolute Gasteiger partial charge is 0.616 e. The fourth-order valence-corrected chi connectivity index (χ4v) is 0.705. The highest BCUT2D eigenvalue weighted by atomic mass is 35.5. The lowest BCUT2D eigenvalue weighted by Gasteiger charge is -1.96. The highest BCUT2D eigenvalue weighted by Gasteiger charge is 2.04. The Balaban J connectivity index is 3.25. The normalized spacial score (nSPS) is 9.56. The van der Waals surface area contributed by atoms with Crippen LogP contribution >= 0.6 is 23.2 Å².